The Hall–Kier alpha value is -1.84. The molecule has 1 aromatic carbocycles. The van der Waals surface area contributed by atoms with Crippen LogP contribution in [0.5, 0.6) is 0 Å². The van der Waals surface area contributed by atoms with E-state index >= 15 is 0 Å². The van der Waals surface area contributed by atoms with Crippen molar-refractivity contribution in [3.8, 4) is 0 Å². The van der Waals surface area contributed by atoms with Gasteiger partial charge in [0.05, 0.1) is 5.41 Å². The molecule has 0 bridgehead atoms. The minimum Gasteiger partial charge on any atom is -0.369 e. The average molecular weight is 300 g/mol. The molecule has 22 heavy (non-hydrogen) atoms. The van der Waals surface area contributed by atoms with Crippen molar-refractivity contribution >= 4 is 11.8 Å². The van der Waals surface area contributed by atoms with Crippen molar-refractivity contribution in [1.29, 1.82) is 0 Å². The number of hydrogen-bond donors (Lipinski definition) is 1. The van der Waals surface area contributed by atoms with Crippen LogP contribution < -0.4 is 5.73 Å². The highest BCUT2D eigenvalue weighted by Crippen LogP contribution is 2.36. The topological polar surface area (TPSA) is 63.4 Å². The molecule has 118 valence electrons. The van der Waals surface area contributed by atoms with E-state index in [9.17, 15) is 9.59 Å². The fraction of sp³-hybridized carbons (Fsp3) is 0.556. The summed E-state index contributed by atoms with van der Waals surface area (Å²) in [5, 5.41) is 0. The van der Waals surface area contributed by atoms with Gasteiger partial charge in [0.25, 0.3) is 0 Å². The molecule has 2 fully saturated rings. The second-order valence-electron chi connectivity index (χ2n) is 6.69. The van der Waals surface area contributed by atoms with Gasteiger partial charge in [0.15, 0.2) is 0 Å². The van der Waals surface area contributed by atoms with E-state index in [1.165, 1.54) is 19.3 Å². The minimum absolute atomic E-state index is 0.246. The number of carbonyl (C=O) groups excluding carboxylic acids is 2. The van der Waals surface area contributed by atoms with Crippen LogP contribution in [0.25, 0.3) is 0 Å². The molecule has 0 atom stereocenters. The summed E-state index contributed by atoms with van der Waals surface area (Å²) in [4.78, 5) is 26.4. The van der Waals surface area contributed by atoms with E-state index in [4.69, 9.17) is 5.73 Å². The zero-order valence-electron chi connectivity index (χ0n) is 13.0. The molecule has 2 amide bonds. The Balaban J connectivity index is 1.67. The number of carbonyl (C=O) groups is 2. The summed E-state index contributed by atoms with van der Waals surface area (Å²) in [5.41, 5.74) is 6.09. The Morgan fingerprint density at radius 1 is 1.14 bits per heavy atom. The van der Waals surface area contributed by atoms with Crippen LogP contribution in [0.1, 0.15) is 44.1 Å². The van der Waals surface area contributed by atoms with Crippen molar-refractivity contribution in [1.82, 2.24) is 4.90 Å². The molecule has 3 rings (SSSR count). The van der Waals surface area contributed by atoms with Crippen LogP contribution in [0.3, 0.4) is 0 Å². The Kier molecular flexibility index (Phi) is 4.19. The van der Waals surface area contributed by atoms with E-state index in [2.05, 4.69) is 0 Å². The fourth-order valence-electron chi connectivity index (χ4n) is 3.65. The molecule has 0 spiro atoms. The lowest BCUT2D eigenvalue weighted by molar-refractivity contribution is -0.137. The number of likely N-dealkylation sites (tertiary alicyclic amines) is 1. The first-order chi connectivity index (χ1) is 10.6. The molecule has 2 aliphatic rings. The first-order valence-corrected chi connectivity index (χ1v) is 8.25. The van der Waals surface area contributed by atoms with Gasteiger partial charge in [-0.2, -0.15) is 0 Å². The highest BCUT2D eigenvalue weighted by atomic mass is 16.2. The summed E-state index contributed by atoms with van der Waals surface area (Å²) in [7, 11) is 0. The first kappa shape index (κ1) is 15.1. The van der Waals surface area contributed by atoms with Crippen LogP contribution in [-0.2, 0) is 15.0 Å². The van der Waals surface area contributed by atoms with Gasteiger partial charge in [0.1, 0.15) is 0 Å². The molecule has 1 saturated carbocycles. The fourth-order valence-corrected chi connectivity index (χ4v) is 3.65. The second-order valence-corrected chi connectivity index (χ2v) is 6.69. The van der Waals surface area contributed by atoms with Gasteiger partial charge in [-0.1, -0.05) is 36.8 Å². The maximum Gasteiger partial charge on any atom is 0.228 e. The van der Waals surface area contributed by atoms with Crippen molar-refractivity contribution in [2.45, 2.75) is 43.9 Å². The summed E-state index contributed by atoms with van der Waals surface area (Å²) < 4.78 is 0. The summed E-state index contributed by atoms with van der Waals surface area (Å²) in [6, 6.07) is 9.75. The number of primary amides is 1. The molecular formula is C18H24N2O2. The van der Waals surface area contributed by atoms with Crippen molar-refractivity contribution in [2.75, 3.05) is 13.1 Å². The normalized spacial score (nSPS) is 21.2. The molecule has 0 unspecified atom stereocenters. The number of rotatable bonds is 4. The SMILES string of the molecule is NC(=O)C1(c2ccccc2)CCN(C(=O)CC2CCC2)CC1. The smallest absolute Gasteiger partial charge is 0.228 e. The first-order valence-electron chi connectivity index (χ1n) is 8.25. The minimum atomic E-state index is -0.617. The van der Waals surface area contributed by atoms with E-state index in [-0.39, 0.29) is 11.8 Å². The van der Waals surface area contributed by atoms with Crippen LogP contribution in [0.4, 0.5) is 0 Å². The zero-order chi connectivity index (χ0) is 15.6. The van der Waals surface area contributed by atoms with Gasteiger partial charge in [-0.3, -0.25) is 9.59 Å². The van der Waals surface area contributed by atoms with Crippen LogP contribution in [0.15, 0.2) is 30.3 Å². The molecule has 0 radical (unpaired) electrons. The Morgan fingerprint density at radius 2 is 1.77 bits per heavy atom. The summed E-state index contributed by atoms with van der Waals surface area (Å²) in [6.45, 7) is 1.26. The quantitative estimate of drug-likeness (QED) is 0.926. The molecular weight excluding hydrogens is 276 g/mol. The molecule has 1 aliphatic heterocycles. The predicted octanol–water partition coefficient (Wildman–Crippen LogP) is 2.22. The molecule has 4 nitrogen and oxygen atoms in total. The van der Waals surface area contributed by atoms with Gasteiger partial charge in [-0.15, -0.1) is 0 Å². The lowest BCUT2D eigenvalue weighted by atomic mass is 9.72. The van der Waals surface area contributed by atoms with Gasteiger partial charge in [0.2, 0.25) is 11.8 Å². The van der Waals surface area contributed by atoms with Crippen LogP contribution >= 0.6 is 0 Å². The molecule has 4 heteroatoms. The highest BCUT2D eigenvalue weighted by molar-refractivity contribution is 5.87. The standard InChI is InChI=1S/C18H24N2O2/c19-17(22)18(15-7-2-1-3-8-15)9-11-20(12-10-18)16(21)13-14-5-4-6-14/h1-3,7-8,14H,4-6,9-13H2,(H2,19,22). The summed E-state index contributed by atoms with van der Waals surface area (Å²) in [5.74, 6) is 0.560. The molecule has 1 aromatic rings. The van der Waals surface area contributed by atoms with E-state index in [1.54, 1.807) is 0 Å². The maximum atomic E-state index is 12.3. The van der Waals surface area contributed by atoms with E-state index in [1.807, 2.05) is 35.2 Å². The van der Waals surface area contributed by atoms with E-state index in [0.29, 0.717) is 38.3 Å². The van der Waals surface area contributed by atoms with Gasteiger partial charge in [0, 0.05) is 19.5 Å². The van der Waals surface area contributed by atoms with Gasteiger partial charge in [-0.25, -0.2) is 0 Å². The third-order valence-electron chi connectivity index (χ3n) is 5.46. The Labute approximate surface area is 131 Å². The number of piperidine rings is 1. The second kappa shape index (κ2) is 6.11. The van der Waals surface area contributed by atoms with Gasteiger partial charge >= 0.3 is 0 Å². The lowest BCUT2D eigenvalue weighted by Gasteiger charge is -2.40. The molecule has 2 N–H and O–H groups in total. The van der Waals surface area contributed by atoms with Crippen molar-refractivity contribution in [2.24, 2.45) is 11.7 Å². The van der Waals surface area contributed by atoms with Crippen molar-refractivity contribution in [3.05, 3.63) is 35.9 Å². The van der Waals surface area contributed by atoms with E-state index < -0.39 is 5.41 Å². The number of nitrogens with zero attached hydrogens (tertiary/aromatic N) is 1. The number of amides is 2. The molecule has 1 aliphatic carbocycles. The van der Waals surface area contributed by atoms with Crippen LogP contribution in [-0.4, -0.2) is 29.8 Å². The third kappa shape index (κ3) is 2.74. The average Bonchev–Trinajstić information content (AvgIpc) is 2.51. The zero-order valence-corrected chi connectivity index (χ0v) is 13.0. The largest absolute Gasteiger partial charge is 0.369 e. The van der Waals surface area contributed by atoms with Gasteiger partial charge < -0.3 is 10.6 Å². The van der Waals surface area contributed by atoms with Crippen LogP contribution in [0, 0.1) is 5.92 Å². The predicted molar refractivity (Wildman–Crippen MR) is 85.1 cm³/mol. The highest BCUT2D eigenvalue weighted by Gasteiger charge is 2.42. The molecule has 1 saturated heterocycles. The van der Waals surface area contributed by atoms with Crippen LogP contribution in [0.2, 0.25) is 0 Å². The number of benzene rings is 1. The Morgan fingerprint density at radius 3 is 2.27 bits per heavy atom. The summed E-state index contributed by atoms with van der Waals surface area (Å²) >= 11 is 0. The Bertz CT molecular complexity index is 543. The summed E-state index contributed by atoms with van der Waals surface area (Å²) in [6.07, 6.45) is 5.57. The maximum absolute atomic E-state index is 12.3. The lowest BCUT2D eigenvalue weighted by Crippen LogP contribution is -2.51. The van der Waals surface area contributed by atoms with E-state index in [0.717, 1.165) is 5.56 Å². The van der Waals surface area contributed by atoms with Gasteiger partial charge in [-0.05, 0) is 37.2 Å². The number of nitrogens with two attached hydrogens (primary N) is 1. The number of hydrogen-bond acceptors (Lipinski definition) is 2. The van der Waals surface area contributed by atoms with Crippen molar-refractivity contribution < 1.29 is 9.59 Å². The monoisotopic (exact) mass is 300 g/mol. The molecule has 1 heterocycles. The van der Waals surface area contributed by atoms with Crippen molar-refractivity contribution in [3.63, 3.8) is 0 Å². The third-order valence-corrected chi connectivity index (χ3v) is 5.46. The molecule has 0 aromatic heterocycles.